The number of hydrogen-bond acceptors (Lipinski definition) is 2. The summed E-state index contributed by atoms with van der Waals surface area (Å²) in [4.78, 5) is 13.3. The molecular weight excluding hydrogens is 494 g/mol. The molecule has 0 radical (unpaired) electrons. The molecule has 2 aliphatic carbocycles. The Bertz CT molecular complexity index is 1480. The van der Waals surface area contributed by atoms with E-state index in [1.165, 1.54) is 32.7 Å². The van der Waals surface area contributed by atoms with Crippen LogP contribution in [0.1, 0.15) is 33.5 Å². The minimum absolute atomic E-state index is 0.0670. The van der Waals surface area contributed by atoms with E-state index in [0.717, 1.165) is 34.9 Å². The SMILES string of the molecule is C1=CC=CNC=C1.Cc1cccc(C(=O)C2C=c3c(ccc4c3=CCc3ccccc3-4)CC2)c1Br. The number of benzene rings is 3. The van der Waals surface area contributed by atoms with Crippen molar-refractivity contribution in [3.05, 3.63) is 128 Å². The highest BCUT2D eigenvalue weighted by atomic mass is 79.9. The zero-order valence-electron chi connectivity index (χ0n) is 19.8. The van der Waals surface area contributed by atoms with E-state index in [9.17, 15) is 4.79 Å². The van der Waals surface area contributed by atoms with Gasteiger partial charge < -0.3 is 5.32 Å². The van der Waals surface area contributed by atoms with Gasteiger partial charge in [0.15, 0.2) is 5.78 Å². The quantitative estimate of drug-likeness (QED) is 0.409. The van der Waals surface area contributed by atoms with Crippen molar-refractivity contribution in [2.45, 2.75) is 26.2 Å². The second-order valence-corrected chi connectivity index (χ2v) is 9.84. The lowest BCUT2D eigenvalue weighted by atomic mass is 9.82. The Hall–Kier alpha value is -3.43. The van der Waals surface area contributed by atoms with Crippen LogP contribution in [0.5, 0.6) is 0 Å². The van der Waals surface area contributed by atoms with E-state index >= 15 is 0 Å². The lowest BCUT2D eigenvalue weighted by molar-refractivity contribution is 0.0946. The third-order valence-electron chi connectivity index (χ3n) is 6.82. The molecule has 1 aliphatic heterocycles. The minimum atomic E-state index is -0.0670. The maximum Gasteiger partial charge on any atom is 0.170 e. The Morgan fingerprint density at radius 3 is 2.49 bits per heavy atom. The van der Waals surface area contributed by atoms with Gasteiger partial charge in [0.2, 0.25) is 0 Å². The highest BCUT2D eigenvalue weighted by molar-refractivity contribution is 9.10. The summed E-state index contributed by atoms with van der Waals surface area (Å²) in [7, 11) is 0. The van der Waals surface area contributed by atoms with Gasteiger partial charge in [-0.15, -0.1) is 0 Å². The molecule has 3 aromatic rings. The number of rotatable bonds is 2. The van der Waals surface area contributed by atoms with Crippen LogP contribution in [-0.4, -0.2) is 5.78 Å². The fraction of sp³-hybridized carbons (Fsp3) is 0.156. The van der Waals surface area contributed by atoms with E-state index in [-0.39, 0.29) is 11.7 Å². The topological polar surface area (TPSA) is 29.1 Å². The van der Waals surface area contributed by atoms with Crippen LogP contribution in [0.3, 0.4) is 0 Å². The van der Waals surface area contributed by atoms with Gasteiger partial charge in [0.1, 0.15) is 0 Å². The number of carbonyl (C=O) groups excluding carboxylic acids is 1. The molecule has 0 amide bonds. The second-order valence-electron chi connectivity index (χ2n) is 9.05. The summed E-state index contributed by atoms with van der Waals surface area (Å²) in [6.07, 6.45) is 18.9. The highest BCUT2D eigenvalue weighted by Gasteiger charge is 2.24. The predicted octanol–water partition coefficient (Wildman–Crippen LogP) is 6.16. The molecule has 1 heterocycles. The van der Waals surface area contributed by atoms with Gasteiger partial charge in [-0.1, -0.05) is 78.9 Å². The Morgan fingerprint density at radius 1 is 0.857 bits per heavy atom. The number of aryl methyl sites for hydroxylation is 2. The predicted molar refractivity (Wildman–Crippen MR) is 149 cm³/mol. The molecule has 0 bridgehead atoms. The summed E-state index contributed by atoms with van der Waals surface area (Å²) in [5.41, 5.74) is 7.25. The van der Waals surface area contributed by atoms with Gasteiger partial charge in [-0.05, 0) is 92.5 Å². The zero-order valence-corrected chi connectivity index (χ0v) is 21.4. The third-order valence-corrected chi connectivity index (χ3v) is 7.87. The van der Waals surface area contributed by atoms with Crippen molar-refractivity contribution in [1.29, 1.82) is 0 Å². The molecule has 1 N–H and O–H groups in total. The van der Waals surface area contributed by atoms with Crippen molar-refractivity contribution < 1.29 is 4.79 Å². The van der Waals surface area contributed by atoms with Crippen molar-refractivity contribution >= 4 is 33.9 Å². The summed E-state index contributed by atoms with van der Waals surface area (Å²) in [6, 6.07) is 19.1. The van der Waals surface area contributed by atoms with Crippen LogP contribution >= 0.6 is 15.9 Å². The van der Waals surface area contributed by atoms with Crippen LogP contribution in [0, 0.1) is 12.8 Å². The van der Waals surface area contributed by atoms with Gasteiger partial charge in [-0.25, -0.2) is 0 Å². The molecule has 1 atom stereocenters. The van der Waals surface area contributed by atoms with E-state index in [4.69, 9.17) is 0 Å². The Kier molecular flexibility index (Phi) is 6.96. The standard InChI is InChI=1S/C26H21BrO.C6H7N/c1-16-5-4-8-23(25(16)27)26(28)19-10-9-18-12-13-21-20-7-3-2-6-17(20)11-14-22(21)24(18)15-19;1-2-4-6-7-5-3-1/h2-8,12-15,19H,9-11H2,1H3;1-7H. The molecule has 2 nitrogen and oxygen atoms in total. The number of ketones is 1. The summed E-state index contributed by atoms with van der Waals surface area (Å²) in [5.74, 6) is 0.151. The normalized spacial score (nSPS) is 16.7. The van der Waals surface area contributed by atoms with Crippen molar-refractivity contribution in [1.82, 2.24) is 5.32 Å². The molecule has 0 spiro atoms. The number of Topliss-reactive ketones (excluding diaryl/α,β-unsaturated/α-hetero) is 1. The Labute approximate surface area is 215 Å². The summed E-state index contributed by atoms with van der Waals surface area (Å²) >= 11 is 3.62. The number of halogens is 1. The van der Waals surface area contributed by atoms with E-state index in [1.54, 1.807) is 0 Å². The number of nitrogens with one attached hydrogen (secondary N) is 1. The van der Waals surface area contributed by atoms with E-state index in [2.05, 4.69) is 69.8 Å². The van der Waals surface area contributed by atoms with Crippen LogP contribution in [0.25, 0.3) is 23.3 Å². The molecule has 0 saturated carbocycles. The third kappa shape index (κ3) is 4.87. The van der Waals surface area contributed by atoms with E-state index in [0.29, 0.717) is 0 Å². The summed E-state index contributed by atoms with van der Waals surface area (Å²) in [6.45, 7) is 2.03. The van der Waals surface area contributed by atoms with Gasteiger partial charge in [-0.2, -0.15) is 0 Å². The molecule has 0 saturated heterocycles. The van der Waals surface area contributed by atoms with Crippen LogP contribution in [0.2, 0.25) is 0 Å². The molecule has 174 valence electrons. The first kappa shape index (κ1) is 23.3. The van der Waals surface area contributed by atoms with Gasteiger partial charge >= 0.3 is 0 Å². The van der Waals surface area contributed by atoms with Crippen LogP contribution < -0.4 is 15.8 Å². The Balaban J connectivity index is 0.000000313. The average Bonchev–Trinajstić information content (AvgIpc) is 3.23. The average molecular weight is 522 g/mol. The molecule has 0 aromatic heterocycles. The summed E-state index contributed by atoms with van der Waals surface area (Å²) < 4.78 is 0.926. The number of carbonyl (C=O) groups is 1. The molecule has 3 heteroatoms. The minimum Gasteiger partial charge on any atom is -0.368 e. The fourth-order valence-corrected chi connectivity index (χ4v) is 5.43. The van der Waals surface area contributed by atoms with Crippen molar-refractivity contribution in [3.8, 4) is 11.1 Å². The molecule has 6 rings (SSSR count). The second kappa shape index (κ2) is 10.5. The monoisotopic (exact) mass is 521 g/mol. The highest BCUT2D eigenvalue weighted by Crippen LogP contribution is 2.28. The first-order chi connectivity index (χ1) is 17.1. The Morgan fingerprint density at radius 2 is 1.66 bits per heavy atom. The number of allylic oxidation sites excluding steroid dienone is 4. The molecule has 1 unspecified atom stereocenters. The first-order valence-electron chi connectivity index (χ1n) is 12.1. The molecule has 3 aliphatic rings. The fourth-order valence-electron chi connectivity index (χ4n) is 4.97. The van der Waals surface area contributed by atoms with Crippen molar-refractivity contribution in [3.63, 3.8) is 0 Å². The lowest BCUT2D eigenvalue weighted by Crippen LogP contribution is -2.37. The van der Waals surface area contributed by atoms with Crippen LogP contribution in [0.15, 0.2) is 95.8 Å². The van der Waals surface area contributed by atoms with Crippen molar-refractivity contribution in [2.75, 3.05) is 0 Å². The maximum atomic E-state index is 13.3. The van der Waals surface area contributed by atoms with E-state index < -0.39 is 0 Å². The van der Waals surface area contributed by atoms with Crippen molar-refractivity contribution in [2.24, 2.45) is 5.92 Å². The van der Waals surface area contributed by atoms with Crippen LogP contribution in [-0.2, 0) is 12.8 Å². The summed E-state index contributed by atoms with van der Waals surface area (Å²) in [5, 5.41) is 5.49. The molecule has 0 fully saturated rings. The molecular formula is C32H28BrNO. The van der Waals surface area contributed by atoms with Gasteiger partial charge in [-0.3, -0.25) is 4.79 Å². The molecule has 35 heavy (non-hydrogen) atoms. The first-order valence-corrected chi connectivity index (χ1v) is 12.9. The zero-order chi connectivity index (χ0) is 24.2. The molecule has 3 aromatic carbocycles. The van der Waals surface area contributed by atoms with Crippen LogP contribution in [0.4, 0.5) is 0 Å². The lowest BCUT2D eigenvalue weighted by Gasteiger charge is -2.22. The maximum absolute atomic E-state index is 13.3. The van der Waals surface area contributed by atoms with E-state index in [1.807, 2.05) is 61.8 Å². The van der Waals surface area contributed by atoms with Gasteiger partial charge in [0.05, 0.1) is 0 Å². The number of fused-ring (bicyclic) bond motifs is 5. The van der Waals surface area contributed by atoms with Gasteiger partial charge in [0.25, 0.3) is 0 Å². The number of hydrogen-bond donors (Lipinski definition) is 1. The van der Waals surface area contributed by atoms with Gasteiger partial charge in [0, 0.05) is 28.4 Å². The largest absolute Gasteiger partial charge is 0.368 e. The smallest absolute Gasteiger partial charge is 0.170 e.